The number of hydrogen-bond acceptors (Lipinski definition) is 3. The maximum Gasteiger partial charge on any atom is 0.190 e. The van der Waals surface area contributed by atoms with E-state index >= 15 is 0 Å². The number of aryl methyl sites for hydroxylation is 2. The summed E-state index contributed by atoms with van der Waals surface area (Å²) in [6.07, 6.45) is 7.11. The first-order valence-electron chi connectivity index (χ1n) is 9.27. The van der Waals surface area contributed by atoms with Crippen molar-refractivity contribution in [3.63, 3.8) is 0 Å². The smallest absolute Gasteiger partial charge is 0.190 e. The number of benzene rings is 1. The Hall–Kier alpha value is -1.61. The molecule has 2 rings (SSSR count). The Balaban J connectivity index is 0.00000364. The van der Waals surface area contributed by atoms with Crippen LogP contribution < -0.4 is 10.6 Å². The van der Waals surface area contributed by atoms with E-state index in [1.54, 1.807) is 7.05 Å². The van der Waals surface area contributed by atoms with Gasteiger partial charge in [-0.2, -0.15) is 5.10 Å². The highest BCUT2D eigenvalue weighted by Gasteiger charge is 2.04. The Labute approximate surface area is 179 Å². The zero-order valence-electron chi connectivity index (χ0n) is 16.5. The fourth-order valence-corrected chi connectivity index (χ4v) is 2.68. The van der Waals surface area contributed by atoms with E-state index in [-0.39, 0.29) is 30.1 Å². The number of guanidine groups is 1. The lowest BCUT2D eigenvalue weighted by Gasteiger charge is -2.14. The monoisotopic (exact) mass is 485 g/mol. The first kappa shape index (κ1) is 23.4. The molecule has 1 atom stereocenters. The molecule has 1 heterocycles. The third kappa shape index (κ3) is 9.23. The Bertz CT molecular complexity index is 659. The molecule has 0 saturated heterocycles. The molecule has 2 N–H and O–H groups in total. The predicted octanol–water partition coefficient (Wildman–Crippen LogP) is 3.30. The van der Waals surface area contributed by atoms with Crippen molar-refractivity contribution in [3.8, 4) is 0 Å². The summed E-state index contributed by atoms with van der Waals surface area (Å²) in [6.45, 7) is 4.53. The molecule has 0 spiro atoms. The lowest BCUT2D eigenvalue weighted by molar-refractivity contribution is 0.0646. The van der Waals surface area contributed by atoms with Crippen LogP contribution in [0.1, 0.15) is 37.0 Å². The molecule has 0 saturated carbocycles. The van der Waals surface area contributed by atoms with Crippen molar-refractivity contribution in [2.75, 3.05) is 26.7 Å². The molecular formula is C20H32IN5O. The number of ether oxygens (including phenoxy) is 1. The second-order valence-corrected chi connectivity index (χ2v) is 6.33. The van der Waals surface area contributed by atoms with Gasteiger partial charge in [0, 0.05) is 40.0 Å². The molecule has 0 aliphatic rings. The average molecular weight is 485 g/mol. The van der Waals surface area contributed by atoms with E-state index in [1.807, 2.05) is 36.1 Å². The summed E-state index contributed by atoms with van der Waals surface area (Å²) in [5.41, 5.74) is 2.48. The molecule has 1 aromatic heterocycles. The summed E-state index contributed by atoms with van der Waals surface area (Å²) in [6, 6.07) is 10.3. The topological polar surface area (TPSA) is 63.5 Å². The van der Waals surface area contributed by atoms with Gasteiger partial charge in [0.25, 0.3) is 0 Å². The SMILES string of the molecule is CN=C(NCCCOC(C)c1ccccc1)NCCCc1cnn(C)c1.I. The maximum atomic E-state index is 5.88. The minimum Gasteiger partial charge on any atom is -0.374 e. The molecule has 0 aliphatic heterocycles. The Morgan fingerprint density at radius 3 is 2.52 bits per heavy atom. The number of aromatic nitrogens is 2. The third-order valence-electron chi connectivity index (χ3n) is 4.17. The molecule has 2 aromatic rings. The largest absolute Gasteiger partial charge is 0.374 e. The minimum absolute atomic E-state index is 0. The molecule has 1 unspecified atom stereocenters. The third-order valence-corrected chi connectivity index (χ3v) is 4.17. The highest BCUT2D eigenvalue weighted by molar-refractivity contribution is 14.0. The second-order valence-electron chi connectivity index (χ2n) is 6.33. The van der Waals surface area contributed by atoms with Gasteiger partial charge in [0.05, 0.1) is 12.3 Å². The summed E-state index contributed by atoms with van der Waals surface area (Å²) in [4.78, 5) is 4.25. The van der Waals surface area contributed by atoms with Crippen LogP contribution in [0.5, 0.6) is 0 Å². The highest BCUT2D eigenvalue weighted by atomic mass is 127. The number of nitrogens with zero attached hydrogens (tertiary/aromatic N) is 3. The molecule has 0 aliphatic carbocycles. The Morgan fingerprint density at radius 1 is 1.19 bits per heavy atom. The van der Waals surface area contributed by atoms with Crippen molar-refractivity contribution in [2.24, 2.45) is 12.0 Å². The van der Waals surface area contributed by atoms with Gasteiger partial charge >= 0.3 is 0 Å². The molecule has 0 fully saturated rings. The van der Waals surface area contributed by atoms with Gasteiger partial charge in [-0.3, -0.25) is 9.67 Å². The second kappa shape index (κ2) is 13.5. The van der Waals surface area contributed by atoms with Gasteiger partial charge in [-0.05, 0) is 37.3 Å². The maximum absolute atomic E-state index is 5.88. The molecular weight excluding hydrogens is 453 g/mol. The van der Waals surface area contributed by atoms with Crippen LogP contribution in [0, 0.1) is 0 Å². The molecule has 27 heavy (non-hydrogen) atoms. The van der Waals surface area contributed by atoms with Gasteiger partial charge in [-0.25, -0.2) is 0 Å². The predicted molar refractivity (Wildman–Crippen MR) is 122 cm³/mol. The molecule has 7 heteroatoms. The van der Waals surface area contributed by atoms with Crippen molar-refractivity contribution in [3.05, 3.63) is 53.9 Å². The highest BCUT2D eigenvalue weighted by Crippen LogP contribution is 2.15. The van der Waals surface area contributed by atoms with Gasteiger partial charge in [0.15, 0.2) is 5.96 Å². The summed E-state index contributed by atoms with van der Waals surface area (Å²) >= 11 is 0. The first-order chi connectivity index (χ1) is 12.7. The van der Waals surface area contributed by atoms with Crippen molar-refractivity contribution in [1.82, 2.24) is 20.4 Å². The number of rotatable bonds is 10. The summed E-state index contributed by atoms with van der Waals surface area (Å²) in [5.74, 6) is 0.840. The molecule has 6 nitrogen and oxygen atoms in total. The van der Waals surface area contributed by atoms with E-state index in [4.69, 9.17) is 4.74 Å². The minimum atomic E-state index is 0. The van der Waals surface area contributed by atoms with E-state index < -0.39 is 0 Å². The van der Waals surface area contributed by atoms with Crippen LogP contribution >= 0.6 is 24.0 Å². The van der Waals surface area contributed by atoms with Crippen molar-refractivity contribution in [1.29, 1.82) is 0 Å². The number of halogens is 1. The van der Waals surface area contributed by atoms with Gasteiger partial charge in [-0.1, -0.05) is 30.3 Å². The number of aliphatic imine (C=N–C) groups is 1. The number of nitrogens with one attached hydrogen (secondary N) is 2. The van der Waals surface area contributed by atoms with Crippen LogP contribution in [0.15, 0.2) is 47.7 Å². The van der Waals surface area contributed by atoms with E-state index in [1.165, 1.54) is 11.1 Å². The van der Waals surface area contributed by atoms with Gasteiger partial charge in [0.2, 0.25) is 0 Å². The van der Waals surface area contributed by atoms with Crippen molar-refractivity contribution in [2.45, 2.75) is 32.3 Å². The van der Waals surface area contributed by atoms with Crippen LogP contribution in [0.2, 0.25) is 0 Å². The zero-order chi connectivity index (χ0) is 18.6. The fourth-order valence-electron chi connectivity index (χ4n) is 2.68. The Morgan fingerprint density at radius 2 is 1.89 bits per heavy atom. The average Bonchev–Trinajstić information content (AvgIpc) is 3.08. The van der Waals surface area contributed by atoms with Crippen molar-refractivity contribution < 1.29 is 4.74 Å². The standard InChI is InChI=1S/C20H31N5O.HI/c1-17(19-10-5-4-6-11-19)26-14-8-13-23-20(21-2)22-12-7-9-18-15-24-25(3)16-18;/h4-6,10-11,15-17H,7-9,12-14H2,1-3H3,(H2,21,22,23);1H. The summed E-state index contributed by atoms with van der Waals surface area (Å²) < 4.78 is 7.72. The van der Waals surface area contributed by atoms with Crippen LogP contribution in [-0.4, -0.2) is 42.5 Å². The fraction of sp³-hybridized carbons (Fsp3) is 0.500. The van der Waals surface area contributed by atoms with E-state index in [2.05, 4.69) is 46.0 Å². The molecule has 0 bridgehead atoms. The Kier molecular flexibility index (Phi) is 11.8. The van der Waals surface area contributed by atoms with Gasteiger partial charge in [0.1, 0.15) is 0 Å². The van der Waals surface area contributed by atoms with E-state index in [9.17, 15) is 0 Å². The first-order valence-corrected chi connectivity index (χ1v) is 9.27. The quantitative estimate of drug-likeness (QED) is 0.235. The molecule has 1 aromatic carbocycles. The van der Waals surface area contributed by atoms with Gasteiger partial charge in [-0.15, -0.1) is 24.0 Å². The zero-order valence-corrected chi connectivity index (χ0v) is 18.8. The van der Waals surface area contributed by atoms with Crippen molar-refractivity contribution >= 4 is 29.9 Å². The summed E-state index contributed by atoms with van der Waals surface area (Å²) in [7, 11) is 3.74. The van der Waals surface area contributed by atoms with Gasteiger partial charge < -0.3 is 15.4 Å². The van der Waals surface area contributed by atoms with E-state index in [0.29, 0.717) is 0 Å². The van der Waals surface area contributed by atoms with Crippen LogP contribution in [0.25, 0.3) is 0 Å². The lowest BCUT2D eigenvalue weighted by atomic mass is 10.1. The number of hydrogen-bond donors (Lipinski definition) is 2. The molecule has 150 valence electrons. The van der Waals surface area contributed by atoms with E-state index in [0.717, 1.165) is 44.9 Å². The van der Waals surface area contributed by atoms with Crippen LogP contribution in [-0.2, 0) is 18.2 Å². The van der Waals surface area contributed by atoms with Crippen LogP contribution in [0.3, 0.4) is 0 Å². The molecule has 0 amide bonds. The summed E-state index contributed by atoms with van der Waals surface area (Å²) in [5, 5.41) is 10.9. The lowest BCUT2D eigenvalue weighted by Crippen LogP contribution is -2.38. The normalized spacial score (nSPS) is 12.3. The molecule has 0 radical (unpaired) electrons. The van der Waals surface area contributed by atoms with Crippen LogP contribution in [0.4, 0.5) is 0 Å².